The van der Waals surface area contributed by atoms with Crippen molar-refractivity contribution in [1.82, 2.24) is 10.2 Å². The summed E-state index contributed by atoms with van der Waals surface area (Å²) in [6.45, 7) is 2.99. The highest BCUT2D eigenvalue weighted by Gasteiger charge is 2.47. The first kappa shape index (κ1) is 12.4. The van der Waals surface area contributed by atoms with Crippen molar-refractivity contribution < 1.29 is 4.79 Å². The number of hydrogen-bond donors (Lipinski definition) is 1. The molecule has 1 aromatic heterocycles. The number of likely N-dealkylation sites (tertiary alicyclic amines) is 1. The van der Waals surface area contributed by atoms with E-state index in [0.717, 1.165) is 43.4 Å². The lowest BCUT2D eigenvalue weighted by Gasteiger charge is -2.55. The van der Waals surface area contributed by atoms with Gasteiger partial charge in [0, 0.05) is 27.5 Å². The van der Waals surface area contributed by atoms with Crippen LogP contribution in [0, 0.1) is 0 Å². The molecule has 2 aliphatic rings. The normalized spacial score (nSPS) is 21.1. The van der Waals surface area contributed by atoms with Gasteiger partial charge in [0.25, 0.3) is 5.91 Å². The first-order valence-corrected chi connectivity index (χ1v) is 8.17. The van der Waals surface area contributed by atoms with E-state index in [9.17, 15) is 4.79 Å². The molecule has 0 unspecified atom stereocenters. The second-order valence-electron chi connectivity index (χ2n) is 5.83. The maximum atomic E-state index is 12.9. The smallest absolute Gasteiger partial charge is 0.255 e. The molecule has 1 aromatic carbocycles. The number of carbonyl (C=O) groups is 1. The van der Waals surface area contributed by atoms with Gasteiger partial charge in [0.2, 0.25) is 0 Å². The van der Waals surface area contributed by atoms with Gasteiger partial charge in [-0.1, -0.05) is 18.2 Å². The highest BCUT2D eigenvalue weighted by atomic mass is 32.1. The monoisotopic (exact) mass is 286 g/mol. The fourth-order valence-corrected chi connectivity index (χ4v) is 4.49. The zero-order valence-electron chi connectivity index (χ0n) is 11.4. The molecule has 2 saturated heterocycles. The lowest BCUT2D eigenvalue weighted by atomic mass is 9.76. The Morgan fingerprint density at radius 3 is 2.75 bits per heavy atom. The van der Waals surface area contributed by atoms with Crippen LogP contribution in [0.15, 0.2) is 29.6 Å². The van der Waals surface area contributed by atoms with E-state index in [2.05, 4.69) is 22.3 Å². The highest BCUT2D eigenvalue weighted by molar-refractivity contribution is 7.17. The Labute approximate surface area is 122 Å². The van der Waals surface area contributed by atoms with Crippen LogP contribution in [0.3, 0.4) is 0 Å². The van der Waals surface area contributed by atoms with Gasteiger partial charge in [0.15, 0.2) is 0 Å². The quantitative estimate of drug-likeness (QED) is 0.874. The Bertz CT molecular complexity index is 657. The van der Waals surface area contributed by atoms with E-state index in [1.54, 1.807) is 11.3 Å². The van der Waals surface area contributed by atoms with Crippen molar-refractivity contribution in [3.05, 3.63) is 35.2 Å². The van der Waals surface area contributed by atoms with Gasteiger partial charge in [-0.3, -0.25) is 4.79 Å². The summed E-state index contributed by atoms with van der Waals surface area (Å²) in [5.41, 5.74) is 1.04. The van der Waals surface area contributed by atoms with Crippen molar-refractivity contribution in [2.75, 3.05) is 19.6 Å². The van der Waals surface area contributed by atoms with Crippen LogP contribution < -0.4 is 5.32 Å². The number of nitrogens with zero attached hydrogens (tertiary/aromatic N) is 1. The third kappa shape index (κ3) is 1.71. The van der Waals surface area contributed by atoms with Gasteiger partial charge >= 0.3 is 0 Å². The molecule has 3 heterocycles. The molecule has 0 bridgehead atoms. The number of fused-ring (bicyclic) bond motifs is 1. The van der Waals surface area contributed by atoms with E-state index < -0.39 is 0 Å². The third-order valence-corrected chi connectivity index (χ3v) is 5.83. The number of benzene rings is 1. The van der Waals surface area contributed by atoms with E-state index >= 15 is 0 Å². The summed E-state index contributed by atoms with van der Waals surface area (Å²) in [4.78, 5) is 15.0. The number of nitrogens with one attached hydrogen (secondary N) is 1. The molecule has 3 nitrogen and oxygen atoms in total. The molecule has 0 radical (unpaired) electrons. The van der Waals surface area contributed by atoms with Gasteiger partial charge in [-0.2, -0.15) is 0 Å². The predicted molar refractivity (Wildman–Crippen MR) is 82.3 cm³/mol. The summed E-state index contributed by atoms with van der Waals surface area (Å²) in [6.07, 6.45) is 3.37. The Kier molecular flexibility index (Phi) is 2.82. The molecule has 2 aromatic rings. The van der Waals surface area contributed by atoms with Gasteiger partial charge in [-0.05, 0) is 38.4 Å². The van der Waals surface area contributed by atoms with Gasteiger partial charge in [-0.15, -0.1) is 11.3 Å². The van der Waals surface area contributed by atoms with Crippen LogP contribution >= 0.6 is 11.3 Å². The minimum Gasteiger partial charge on any atom is -0.333 e. The summed E-state index contributed by atoms with van der Waals surface area (Å²) < 4.78 is 1.20. The van der Waals surface area contributed by atoms with Crippen LogP contribution in [-0.2, 0) is 0 Å². The average Bonchev–Trinajstić information content (AvgIpc) is 2.91. The Morgan fingerprint density at radius 1 is 1.20 bits per heavy atom. The van der Waals surface area contributed by atoms with E-state index in [1.165, 1.54) is 11.1 Å². The van der Waals surface area contributed by atoms with Crippen molar-refractivity contribution in [3.8, 4) is 0 Å². The number of carbonyl (C=O) groups excluding carboxylic acids is 1. The Balaban J connectivity index is 1.67. The van der Waals surface area contributed by atoms with Crippen molar-refractivity contribution in [2.45, 2.75) is 24.8 Å². The van der Waals surface area contributed by atoms with E-state index in [0.29, 0.717) is 0 Å². The lowest BCUT2D eigenvalue weighted by molar-refractivity contribution is -0.0192. The summed E-state index contributed by atoms with van der Waals surface area (Å²) in [5.74, 6) is 0.232. The molecule has 104 valence electrons. The SMILES string of the molecule is O=C(c1csc2ccccc12)N1CCC12CCNCC2. The highest BCUT2D eigenvalue weighted by Crippen LogP contribution is 2.40. The average molecular weight is 286 g/mol. The topological polar surface area (TPSA) is 32.3 Å². The van der Waals surface area contributed by atoms with Crippen LogP contribution in [0.1, 0.15) is 29.6 Å². The fourth-order valence-electron chi connectivity index (χ4n) is 3.56. The van der Waals surface area contributed by atoms with Crippen molar-refractivity contribution in [1.29, 1.82) is 0 Å². The molecule has 1 spiro atoms. The van der Waals surface area contributed by atoms with Crippen molar-refractivity contribution in [2.24, 2.45) is 0 Å². The standard InChI is InChI=1S/C16H18N2OS/c19-15(13-11-20-14-4-2-1-3-12(13)14)18-10-7-16(18)5-8-17-9-6-16/h1-4,11,17H,5-10H2. The van der Waals surface area contributed by atoms with E-state index in [-0.39, 0.29) is 11.4 Å². The molecule has 0 atom stereocenters. The first-order valence-electron chi connectivity index (χ1n) is 7.29. The molecule has 1 N–H and O–H groups in total. The zero-order chi connectivity index (χ0) is 13.6. The number of rotatable bonds is 1. The summed E-state index contributed by atoms with van der Waals surface area (Å²) in [5, 5.41) is 6.53. The maximum Gasteiger partial charge on any atom is 0.255 e. The molecule has 20 heavy (non-hydrogen) atoms. The van der Waals surface area contributed by atoms with Crippen LogP contribution in [0.4, 0.5) is 0 Å². The van der Waals surface area contributed by atoms with E-state index in [4.69, 9.17) is 0 Å². The molecular formula is C16H18N2OS. The number of thiophene rings is 1. The fraction of sp³-hybridized carbons (Fsp3) is 0.438. The van der Waals surface area contributed by atoms with E-state index in [1.807, 2.05) is 17.5 Å². The van der Waals surface area contributed by atoms with Crippen LogP contribution in [0.5, 0.6) is 0 Å². The third-order valence-electron chi connectivity index (χ3n) is 4.86. The zero-order valence-corrected chi connectivity index (χ0v) is 12.2. The summed E-state index contributed by atoms with van der Waals surface area (Å²) in [7, 11) is 0. The second kappa shape index (κ2) is 4.57. The molecule has 4 heteroatoms. The second-order valence-corrected chi connectivity index (χ2v) is 6.74. The first-order chi connectivity index (χ1) is 9.80. The molecule has 1 amide bonds. The number of piperidine rings is 1. The number of amides is 1. The minimum absolute atomic E-state index is 0.144. The van der Waals surface area contributed by atoms with Crippen LogP contribution in [-0.4, -0.2) is 36.0 Å². The molecule has 2 fully saturated rings. The van der Waals surface area contributed by atoms with Crippen molar-refractivity contribution >= 4 is 27.3 Å². The molecular weight excluding hydrogens is 268 g/mol. The molecule has 0 saturated carbocycles. The lowest BCUT2D eigenvalue weighted by Crippen LogP contribution is -2.65. The molecule has 0 aliphatic carbocycles. The van der Waals surface area contributed by atoms with Gasteiger partial charge in [0.05, 0.1) is 5.56 Å². The minimum atomic E-state index is 0.144. The van der Waals surface area contributed by atoms with Crippen molar-refractivity contribution in [3.63, 3.8) is 0 Å². The summed E-state index contributed by atoms with van der Waals surface area (Å²) >= 11 is 1.67. The predicted octanol–water partition coefficient (Wildman–Crippen LogP) is 2.87. The molecule has 2 aliphatic heterocycles. The Hall–Kier alpha value is -1.39. The van der Waals surface area contributed by atoms with Crippen LogP contribution in [0.2, 0.25) is 0 Å². The molecule has 4 rings (SSSR count). The van der Waals surface area contributed by atoms with Gasteiger partial charge in [0.1, 0.15) is 0 Å². The van der Waals surface area contributed by atoms with Crippen LogP contribution in [0.25, 0.3) is 10.1 Å². The van der Waals surface area contributed by atoms with Gasteiger partial charge in [-0.25, -0.2) is 0 Å². The largest absolute Gasteiger partial charge is 0.333 e. The maximum absolute atomic E-state index is 12.9. The summed E-state index contributed by atoms with van der Waals surface area (Å²) in [6, 6.07) is 8.20. The van der Waals surface area contributed by atoms with Gasteiger partial charge < -0.3 is 10.2 Å². The Morgan fingerprint density at radius 2 is 2.00 bits per heavy atom. The number of hydrogen-bond acceptors (Lipinski definition) is 3.